The van der Waals surface area contributed by atoms with E-state index in [0.29, 0.717) is 12.3 Å². The summed E-state index contributed by atoms with van der Waals surface area (Å²) >= 11 is 2.25. The number of hydrogen-bond acceptors (Lipinski definition) is 2. The first kappa shape index (κ1) is 12.8. The molecule has 1 fully saturated rings. The van der Waals surface area contributed by atoms with Gasteiger partial charge >= 0.3 is 0 Å². The van der Waals surface area contributed by atoms with Gasteiger partial charge in [0.15, 0.2) is 0 Å². The second kappa shape index (κ2) is 6.35. The molecule has 1 aromatic rings. The number of nitrogens with one attached hydrogen (secondary N) is 1. The lowest BCUT2D eigenvalue weighted by Gasteiger charge is -2.21. The van der Waals surface area contributed by atoms with Crippen LogP contribution in [0.4, 0.5) is 5.69 Å². The quantitative estimate of drug-likeness (QED) is 0.856. The molecule has 1 N–H and O–H groups in total. The zero-order valence-corrected chi connectivity index (χ0v) is 11.8. The molecule has 2 rings (SSSR count). The summed E-state index contributed by atoms with van der Waals surface area (Å²) < 4.78 is 6.45. The maximum absolute atomic E-state index is 11.8. The van der Waals surface area contributed by atoms with Crippen LogP contribution in [-0.4, -0.2) is 19.1 Å². The van der Waals surface area contributed by atoms with Crippen LogP contribution in [0.15, 0.2) is 24.3 Å². The fraction of sp³-hybridized carbons (Fsp3) is 0.462. The third kappa shape index (κ3) is 4.27. The summed E-state index contributed by atoms with van der Waals surface area (Å²) in [5.74, 6) is 0.589. The minimum atomic E-state index is 0.109. The molecule has 17 heavy (non-hydrogen) atoms. The monoisotopic (exact) mass is 345 g/mol. The summed E-state index contributed by atoms with van der Waals surface area (Å²) in [6.45, 7) is 1.59. The number of carbonyl (C=O) groups is 1. The molecule has 0 aromatic heterocycles. The number of benzene rings is 1. The Morgan fingerprint density at radius 2 is 1.94 bits per heavy atom. The third-order valence-electron chi connectivity index (χ3n) is 2.94. The van der Waals surface area contributed by atoms with Crippen molar-refractivity contribution in [2.75, 3.05) is 18.5 Å². The van der Waals surface area contributed by atoms with E-state index < -0.39 is 0 Å². The lowest BCUT2D eigenvalue weighted by molar-refractivity contribution is -0.117. The Morgan fingerprint density at radius 1 is 1.29 bits per heavy atom. The molecular weight excluding hydrogens is 329 g/mol. The van der Waals surface area contributed by atoms with Crippen LogP contribution in [0, 0.1) is 9.49 Å². The van der Waals surface area contributed by atoms with E-state index in [1.54, 1.807) is 0 Å². The number of amides is 1. The SMILES string of the molecule is O=C(CC1CCOCC1)Nc1ccc(I)cc1. The summed E-state index contributed by atoms with van der Waals surface area (Å²) in [7, 11) is 0. The molecule has 1 amide bonds. The lowest BCUT2D eigenvalue weighted by Crippen LogP contribution is -2.22. The minimum Gasteiger partial charge on any atom is -0.381 e. The maximum Gasteiger partial charge on any atom is 0.224 e. The van der Waals surface area contributed by atoms with Crippen LogP contribution in [0.3, 0.4) is 0 Å². The number of rotatable bonds is 3. The van der Waals surface area contributed by atoms with E-state index in [2.05, 4.69) is 27.9 Å². The van der Waals surface area contributed by atoms with Gasteiger partial charge in [-0.05, 0) is 65.6 Å². The molecule has 0 radical (unpaired) electrons. The van der Waals surface area contributed by atoms with Crippen LogP contribution < -0.4 is 5.32 Å². The van der Waals surface area contributed by atoms with Crippen LogP contribution >= 0.6 is 22.6 Å². The fourth-order valence-electron chi connectivity index (χ4n) is 1.96. The average Bonchev–Trinajstić information content (AvgIpc) is 2.33. The Bertz CT molecular complexity index is 372. The van der Waals surface area contributed by atoms with Gasteiger partial charge in [0.2, 0.25) is 5.91 Å². The number of ether oxygens (including phenoxy) is 1. The van der Waals surface area contributed by atoms with E-state index in [4.69, 9.17) is 4.74 Å². The van der Waals surface area contributed by atoms with E-state index in [-0.39, 0.29) is 5.91 Å². The molecule has 1 aromatic carbocycles. The van der Waals surface area contributed by atoms with Crippen LogP contribution in [0.5, 0.6) is 0 Å². The van der Waals surface area contributed by atoms with E-state index in [0.717, 1.165) is 31.7 Å². The summed E-state index contributed by atoms with van der Waals surface area (Å²) in [5.41, 5.74) is 0.877. The molecular formula is C13H16INO2. The van der Waals surface area contributed by atoms with E-state index in [1.807, 2.05) is 24.3 Å². The first-order valence-corrected chi connectivity index (χ1v) is 6.95. The van der Waals surface area contributed by atoms with Crippen molar-refractivity contribution in [3.05, 3.63) is 27.8 Å². The van der Waals surface area contributed by atoms with Gasteiger partial charge in [-0.2, -0.15) is 0 Å². The molecule has 0 bridgehead atoms. The number of anilines is 1. The first-order valence-electron chi connectivity index (χ1n) is 5.87. The largest absolute Gasteiger partial charge is 0.381 e. The van der Waals surface area contributed by atoms with Gasteiger partial charge in [-0.1, -0.05) is 0 Å². The van der Waals surface area contributed by atoms with Gasteiger partial charge in [0.25, 0.3) is 0 Å². The van der Waals surface area contributed by atoms with E-state index in [9.17, 15) is 4.79 Å². The summed E-state index contributed by atoms with van der Waals surface area (Å²) in [6, 6.07) is 7.85. The van der Waals surface area contributed by atoms with Crippen LogP contribution in [-0.2, 0) is 9.53 Å². The zero-order valence-electron chi connectivity index (χ0n) is 9.62. The van der Waals surface area contributed by atoms with Gasteiger partial charge < -0.3 is 10.1 Å². The molecule has 92 valence electrons. The van der Waals surface area contributed by atoms with Crippen molar-refractivity contribution in [2.45, 2.75) is 19.3 Å². The van der Waals surface area contributed by atoms with Crippen LogP contribution in [0.2, 0.25) is 0 Å². The van der Waals surface area contributed by atoms with Crippen molar-refractivity contribution < 1.29 is 9.53 Å². The van der Waals surface area contributed by atoms with Gasteiger partial charge in [-0.25, -0.2) is 0 Å². The van der Waals surface area contributed by atoms with E-state index >= 15 is 0 Å². The Hall–Kier alpha value is -0.620. The molecule has 0 unspecified atom stereocenters. The number of carbonyl (C=O) groups excluding carboxylic acids is 1. The van der Waals surface area contributed by atoms with Crippen molar-refractivity contribution in [2.24, 2.45) is 5.92 Å². The molecule has 0 spiro atoms. The van der Waals surface area contributed by atoms with Gasteiger partial charge in [0, 0.05) is 28.9 Å². The Balaban J connectivity index is 1.82. The molecule has 1 aliphatic rings. The zero-order chi connectivity index (χ0) is 12.1. The second-order valence-corrected chi connectivity index (χ2v) is 5.56. The standard InChI is InChI=1S/C13H16INO2/c14-11-1-3-12(4-2-11)15-13(16)9-10-5-7-17-8-6-10/h1-4,10H,5-9H2,(H,15,16). The average molecular weight is 345 g/mol. The first-order chi connectivity index (χ1) is 8.24. The second-order valence-electron chi connectivity index (χ2n) is 4.31. The summed E-state index contributed by atoms with van der Waals surface area (Å²) in [6.07, 6.45) is 2.61. The highest BCUT2D eigenvalue weighted by Gasteiger charge is 2.17. The molecule has 1 aliphatic heterocycles. The highest BCUT2D eigenvalue weighted by molar-refractivity contribution is 14.1. The third-order valence-corrected chi connectivity index (χ3v) is 3.66. The molecule has 1 heterocycles. The molecule has 3 nitrogen and oxygen atoms in total. The predicted octanol–water partition coefficient (Wildman–Crippen LogP) is 3.05. The lowest BCUT2D eigenvalue weighted by atomic mass is 9.96. The van der Waals surface area contributed by atoms with Crippen molar-refractivity contribution >= 4 is 34.2 Å². The Morgan fingerprint density at radius 3 is 2.59 bits per heavy atom. The summed E-state index contributed by atoms with van der Waals surface area (Å²) in [4.78, 5) is 11.8. The Labute approximate surface area is 115 Å². The highest BCUT2D eigenvalue weighted by Crippen LogP contribution is 2.19. The van der Waals surface area contributed by atoms with Crippen molar-refractivity contribution in [3.63, 3.8) is 0 Å². The molecule has 1 saturated heterocycles. The smallest absolute Gasteiger partial charge is 0.224 e. The molecule has 0 atom stereocenters. The number of halogens is 1. The molecule has 0 saturated carbocycles. The van der Waals surface area contributed by atoms with Crippen LogP contribution in [0.1, 0.15) is 19.3 Å². The maximum atomic E-state index is 11.8. The normalized spacial score (nSPS) is 16.8. The number of hydrogen-bond donors (Lipinski definition) is 1. The van der Waals surface area contributed by atoms with Gasteiger partial charge in [0.05, 0.1) is 0 Å². The molecule has 0 aliphatic carbocycles. The van der Waals surface area contributed by atoms with Crippen molar-refractivity contribution in [3.8, 4) is 0 Å². The minimum absolute atomic E-state index is 0.109. The topological polar surface area (TPSA) is 38.3 Å². The Kier molecular flexibility index (Phi) is 4.79. The van der Waals surface area contributed by atoms with Gasteiger partial charge in [0.1, 0.15) is 0 Å². The van der Waals surface area contributed by atoms with Crippen molar-refractivity contribution in [1.82, 2.24) is 0 Å². The summed E-state index contributed by atoms with van der Waals surface area (Å²) in [5, 5.41) is 2.93. The molecule has 4 heteroatoms. The van der Waals surface area contributed by atoms with Crippen LogP contribution in [0.25, 0.3) is 0 Å². The highest BCUT2D eigenvalue weighted by atomic mass is 127. The van der Waals surface area contributed by atoms with Gasteiger partial charge in [-0.15, -0.1) is 0 Å². The van der Waals surface area contributed by atoms with Crippen molar-refractivity contribution in [1.29, 1.82) is 0 Å². The van der Waals surface area contributed by atoms with E-state index in [1.165, 1.54) is 3.57 Å². The predicted molar refractivity (Wildman–Crippen MR) is 75.9 cm³/mol. The fourth-order valence-corrected chi connectivity index (χ4v) is 2.32. The van der Waals surface area contributed by atoms with Gasteiger partial charge in [-0.3, -0.25) is 4.79 Å².